The Morgan fingerprint density at radius 1 is 1.41 bits per heavy atom. The number of carbonyl (C=O) groups is 2. The van der Waals surface area contributed by atoms with Crippen molar-refractivity contribution in [1.82, 2.24) is 14.4 Å². The Kier molecular flexibility index (Phi) is 4.12. The van der Waals surface area contributed by atoms with E-state index in [4.69, 9.17) is 9.57 Å². The van der Waals surface area contributed by atoms with Gasteiger partial charge in [-0.2, -0.15) is 0 Å². The molecule has 1 saturated heterocycles. The van der Waals surface area contributed by atoms with Gasteiger partial charge in [-0.15, -0.1) is 4.68 Å². The third-order valence-electron chi connectivity index (χ3n) is 3.59. The molecule has 1 N–H and O–H groups in total. The first kappa shape index (κ1) is 16.3. The highest BCUT2D eigenvalue weighted by atomic mass is 16.7. The zero-order valence-electron chi connectivity index (χ0n) is 13.6. The number of rotatable bonds is 3. The fourth-order valence-electron chi connectivity index (χ4n) is 2.52. The van der Waals surface area contributed by atoms with Crippen molar-refractivity contribution in [1.29, 1.82) is 0 Å². The normalized spacial score (nSPS) is 18.9. The van der Waals surface area contributed by atoms with Crippen LogP contribution in [0.25, 0.3) is 0 Å². The van der Waals surface area contributed by atoms with Gasteiger partial charge in [0.2, 0.25) is 5.91 Å². The maximum absolute atomic E-state index is 12.2. The predicted molar refractivity (Wildman–Crippen MR) is 77.7 cm³/mol. The van der Waals surface area contributed by atoms with Crippen LogP contribution < -0.4 is 4.84 Å². The summed E-state index contributed by atoms with van der Waals surface area (Å²) >= 11 is 0. The quantitative estimate of drug-likeness (QED) is 0.894. The summed E-state index contributed by atoms with van der Waals surface area (Å²) in [6.07, 6.45) is 0.316. The molecule has 1 amide bonds. The van der Waals surface area contributed by atoms with Gasteiger partial charge in [-0.3, -0.25) is 4.79 Å². The van der Waals surface area contributed by atoms with Crippen LogP contribution in [-0.2, 0) is 16.0 Å². The zero-order chi connectivity index (χ0) is 16.7. The van der Waals surface area contributed by atoms with E-state index in [0.717, 1.165) is 9.53 Å². The third kappa shape index (κ3) is 2.90. The van der Waals surface area contributed by atoms with Gasteiger partial charge < -0.3 is 19.6 Å². The molecule has 22 heavy (non-hydrogen) atoms. The van der Waals surface area contributed by atoms with Crippen LogP contribution in [0.15, 0.2) is 0 Å². The summed E-state index contributed by atoms with van der Waals surface area (Å²) in [7, 11) is 3.07. The number of amides is 1. The molecule has 0 bridgehead atoms. The molecule has 1 aliphatic heterocycles. The van der Waals surface area contributed by atoms with Crippen molar-refractivity contribution in [2.24, 2.45) is 5.92 Å². The first-order valence-corrected chi connectivity index (χ1v) is 7.20. The number of aromatic nitrogens is 2. The number of ether oxygens (including phenoxy) is 1. The van der Waals surface area contributed by atoms with Crippen molar-refractivity contribution in [3.8, 4) is 5.88 Å². The summed E-state index contributed by atoms with van der Waals surface area (Å²) < 4.78 is 6.41. The van der Waals surface area contributed by atoms with Crippen molar-refractivity contribution < 1.29 is 24.3 Å². The van der Waals surface area contributed by atoms with E-state index in [1.54, 1.807) is 32.7 Å². The van der Waals surface area contributed by atoms with E-state index in [1.807, 2.05) is 0 Å². The molecule has 0 saturated carbocycles. The van der Waals surface area contributed by atoms with Crippen molar-refractivity contribution in [2.45, 2.75) is 39.2 Å². The Morgan fingerprint density at radius 3 is 2.50 bits per heavy atom. The summed E-state index contributed by atoms with van der Waals surface area (Å²) in [5, 5.41) is 10.0. The number of nitrogens with zero attached hydrogens (tertiary/aromatic N) is 3. The number of likely N-dealkylation sites (tertiary alicyclic amines) is 1. The number of hydrogen-bond donors (Lipinski definition) is 1. The largest absolute Gasteiger partial charge is 0.490 e. The average molecular weight is 313 g/mol. The van der Waals surface area contributed by atoms with Gasteiger partial charge in [-0.05, 0) is 27.2 Å². The molecule has 0 radical (unpaired) electrons. The summed E-state index contributed by atoms with van der Waals surface area (Å²) in [5.41, 5.74) is -0.333. The molecule has 0 aliphatic carbocycles. The standard InChI is InChI=1S/C14H23N3O5/c1-14(2,3)22-13(20)16-10(12(19)17(16)21-5)8-9-6-7-15(4)11(9)18/h9,19H,6-8H2,1-5H3. The zero-order valence-corrected chi connectivity index (χ0v) is 13.6. The molecule has 1 atom stereocenters. The molecule has 8 nitrogen and oxygen atoms in total. The molecule has 1 aromatic rings. The Labute approximate surface area is 129 Å². The Hall–Kier alpha value is -2.12. The van der Waals surface area contributed by atoms with Gasteiger partial charge >= 0.3 is 6.09 Å². The van der Waals surface area contributed by atoms with Crippen molar-refractivity contribution >= 4 is 12.0 Å². The molecule has 8 heteroatoms. The van der Waals surface area contributed by atoms with E-state index in [0.29, 0.717) is 18.7 Å². The minimum atomic E-state index is -0.670. The topological polar surface area (TPSA) is 85.9 Å². The van der Waals surface area contributed by atoms with Gasteiger partial charge in [-0.25, -0.2) is 4.79 Å². The average Bonchev–Trinajstić information content (AvgIpc) is 2.71. The number of hydrogen-bond acceptors (Lipinski definition) is 5. The first-order valence-electron chi connectivity index (χ1n) is 7.20. The summed E-state index contributed by atoms with van der Waals surface area (Å²) in [6, 6.07) is 0. The van der Waals surface area contributed by atoms with Gasteiger partial charge in [0.1, 0.15) is 18.4 Å². The molecular weight excluding hydrogens is 290 g/mol. The maximum atomic E-state index is 12.2. The predicted octanol–water partition coefficient (Wildman–Crippen LogP) is 0.858. The lowest BCUT2D eigenvalue weighted by atomic mass is 10.0. The van der Waals surface area contributed by atoms with Crippen molar-refractivity contribution in [3.63, 3.8) is 0 Å². The fraction of sp³-hybridized carbons (Fsp3) is 0.714. The Bertz CT molecular complexity index is 581. The fourth-order valence-corrected chi connectivity index (χ4v) is 2.52. The van der Waals surface area contributed by atoms with Crippen LogP contribution in [0, 0.1) is 5.92 Å². The van der Waals surface area contributed by atoms with Gasteiger partial charge in [-0.1, -0.05) is 4.85 Å². The van der Waals surface area contributed by atoms with E-state index in [-0.39, 0.29) is 24.1 Å². The first-order chi connectivity index (χ1) is 10.2. The van der Waals surface area contributed by atoms with E-state index in [1.165, 1.54) is 7.11 Å². The molecule has 1 aromatic heterocycles. The van der Waals surface area contributed by atoms with E-state index < -0.39 is 11.7 Å². The van der Waals surface area contributed by atoms with Crippen LogP contribution in [-0.4, -0.2) is 57.8 Å². The van der Waals surface area contributed by atoms with Gasteiger partial charge in [0.25, 0.3) is 5.88 Å². The minimum absolute atomic E-state index is 0.0142. The lowest BCUT2D eigenvalue weighted by molar-refractivity contribution is -0.129. The van der Waals surface area contributed by atoms with Crippen molar-refractivity contribution in [3.05, 3.63) is 5.69 Å². The summed E-state index contributed by atoms with van der Waals surface area (Å²) in [6.45, 7) is 5.93. The van der Waals surface area contributed by atoms with E-state index >= 15 is 0 Å². The monoisotopic (exact) mass is 313 g/mol. The van der Waals surface area contributed by atoms with Crippen LogP contribution in [0.1, 0.15) is 32.9 Å². The van der Waals surface area contributed by atoms with Crippen LogP contribution >= 0.6 is 0 Å². The third-order valence-corrected chi connectivity index (χ3v) is 3.59. The van der Waals surface area contributed by atoms with Crippen molar-refractivity contribution in [2.75, 3.05) is 20.7 Å². The molecule has 124 valence electrons. The molecule has 1 aliphatic rings. The highest BCUT2D eigenvalue weighted by Crippen LogP contribution is 2.29. The molecular formula is C14H23N3O5. The van der Waals surface area contributed by atoms with Crippen LogP contribution in [0.5, 0.6) is 5.88 Å². The minimum Gasteiger partial charge on any atom is -0.490 e. The Morgan fingerprint density at radius 2 is 2.05 bits per heavy atom. The van der Waals surface area contributed by atoms with Gasteiger partial charge in [0.05, 0.1) is 0 Å². The SMILES string of the molecule is COn1c(O)c(CC2CCN(C)C2=O)n1C(=O)OC(C)(C)C. The highest BCUT2D eigenvalue weighted by molar-refractivity contribution is 5.81. The van der Waals surface area contributed by atoms with Gasteiger partial charge in [0.15, 0.2) is 0 Å². The van der Waals surface area contributed by atoms with Crippen LogP contribution in [0.4, 0.5) is 4.79 Å². The van der Waals surface area contributed by atoms with E-state index in [9.17, 15) is 14.7 Å². The Balaban J connectivity index is 2.22. The summed E-state index contributed by atoms with van der Waals surface area (Å²) in [4.78, 5) is 31.8. The van der Waals surface area contributed by atoms with E-state index in [2.05, 4.69) is 0 Å². The molecule has 1 fully saturated rings. The lowest BCUT2D eigenvalue weighted by Gasteiger charge is -2.28. The highest BCUT2D eigenvalue weighted by Gasteiger charge is 2.36. The summed E-state index contributed by atoms with van der Waals surface area (Å²) in [5.74, 6) is -0.401. The molecule has 0 aromatic carbocycles. The second-order valence-electron chi connectivity index (χ2n) is 6.47. The van der Waals surface area contributed by atoms with Crippen LogP contribution in [0.3, 0.4) is 0 Å². The molecule has 0 spiro atoms. The second kappa shape index (κ2) is 5.58. The molecule has 2 rings (SSSR count). The second-order valence-corrected chi connectivity index (χ2v) is 6.47. The number of carbonyl (C=O) groups excluding carboxylic acids is 2. The smallest absolute Gasteiger partial charge is 0.436 e. The van der Waals surface area contributed by atoms with Gasteiger partial charge in [0, 0.05) is 25.9 Å². The maximum Gasteiger partial charge on any atom is 0.436 e. The molecule has 2 heterocycles. The lowest BCUT2D eigenvalue weighted by Crippen LogP contribution is -2.40. The molecule has 1 unspecified atom stereocenters. The van der Waals surface area contributed by atoms with Crippen LogP contribution in [0.2, 0.25) is 0 Å². The number of aromatic hydroxyl groups is 1.